The number of anilines is 1. The Morgan fingerprint density at radius 3 is 2.57 bits per heavy atom. The summed E-state index contributed by atoms with van der Waals surface area (Å²) in [6, 6.07) is 5.10. The van der Waals surface area contributed by atoms with E-state index >= 15 is 0 Å². The van der Waals surface area contributed by atoms with Crippen molar-refractivity contribution in [3.8, 4) is 0 Å². The van der Waals surface area contributed by atoms with Crippen LogP contribution in [0.4, 0.5) is 10.5 Å². The third-order valence-corrected chi connectivity index (χ3v) is 5.54. The molecule has 1 heterocycles. The number of sulfonamides is 1. The summed E-state index contributed by atoms with van der Waals surface area (Å²) in [6.45, 7) is 0.217. The zero-order valence-corrected chi connectivity index (χ0v) is 13.6. The van der Waals surface area contributed by atoms with Crippen LogP contribution in [0.1, 0.15) is 12.8 Å². The molecule has 0 spiro atoms. The largest absolute Gasteiger partial charge is 0.468 e. The number of para-hydroxylation sites is 1. The van der Waals surface area contributed by atoms with Crippen LogP contribution in [-0.2, 0) is 24.3 Å². The minimum absolute atomic E-state index is 0.0925. The number of amides is 1. The van der Waals surface area contributed by atoms with E-state index in [9.17, 15) is 18.0 Å². The van der Waals surface area contributed by atoms with Gasteiger partial charge >= 0.3 is 12.1 Å². The average Bonchev–Trinajstić information content (AvgIpc) is 3.04. The van der Waals surface area contributed by atoms with Crippen molar-refractivity contribution in [1.82, 2.24) is 4.31 Å². The van der Waals surface area contributed by atoms with E-state index < -0.39 is 28.1 Å². The number of methoxy groups -OCH3 is 2. The van der Waals surface area contributed by atoms with E-state index in [0.717, 1.165) is 4.31 Å². The van der Waals surface area contributed by atoms with Crippen LogP contribution in [0.2, 0.25) is 0 Å². The summed E-state index contributed by atoms with van der Waals surface area (Å²) < 4.78 is 36.0. The standard InChI is InChI=1S/C14H18N2O6S/c1-21-13(17)11-7-5-9-16(11)23(19,20)12-8-4-3-6-10(12)15-14(18)22-2/h3-4,6,8,11H,5,7,9H2,1-2H3,(H,15,18)/t11-/m0/s1. The molecule has 2 rings (SSSR count). The van der Waals surface area contributed by atoms with Crippen molar-refractivity contribution < 1.29 is 27.5 Å². The van der Waals surface area contributed by atoms with Crippen molar-refractivity contribution >= 4 is 27.8 Å². The highest BCUT2D eigenvalue weighted by molar-refractivity contribution is 7.89. The second-order valence-electron chi connectivity index (χ2n) is 4.91. The van der Waals surface area contributed by atoms with E-state index in [4.69, 9.17) is 0 Å². The minimum atomic E-state index is -3.97. The number of ether oxygens (including phenoxy) is 2. The van der Waals surface area contributed by atoms with Crippen LogP contribution in [-0.4, -0.2) is 51.6 Å². The first-order valence-electron chi connectivity index (χ1n) is 6.95. The van der Waals surface area contributed by atoms with Gasteiger partial charge in [-0.15, -0.1) is 0 Å². The van der Waals surface area contributed by atoms with Gasteiger partial charge in [0.05, 0.1) is 19.9 Å². The fraction of sp³-hybridized carbons (Fsp3) is 0.429. The highest BCUT2D eigenvalue weighted by Crippen LogP contribution is 2.30. The number of nitrogens with zero attached hydrogens (tertiary/aromatic N) is 1. The molecule has 8 nitrogen and oxygen atoms in total. The Morgan fingerprint density at radius 2 is 1.91 bits per heavy atom. The maximum Gasteiger partial charge on any atom is 0.411 e. The van der Waals surface area contributed by atoms with Gasteiger partial charge in [0, 0.05) is 6.54 Å². The fourth-order valence-corrected chi connectivity index (χ4v) is 4.28. The molecule has 1 atom stereocenters. The molecule has 9 heteroatoms. The van der Waals surface area contributed by atoms with Gasteiger partial charge in [-0.05, 0) is 25.0 Å². The lowest BCUT2D eigenvalue weighted by Gasteiger charge is -2.23. The second kappa shape index (κ2) is 6.97. The molecule has 0 aliphatic carbocycles. The van der Waals surface area contributed by atoms with E-state index in [-0.39, 0.29) is 17.1 Å². The van der Waals surface area contributed by atoms with Crippen LogP contribution in [0, 0.1) is 0 Å². The van der Waals surface area contributed by atoms with Gasteiger partial charge in [0.1, 0.15) is 10.9 Å². The van der Waals surface area contributed by atoms with Gasteiger partial charge in [0.15, 0.2) is 0 Å². The Morgan fingerprint density at radius 1 is 1.22 bits per heavy atom. The lowest BCUT2D eigenvalue weighted by atomic mass is 10.2. The molecule has 1 amide bonds. The Bertz CT molecular complexity index is 703. The average molecular weight is 342 g/mol. The van der Waals surface area contributed by atoms with Crippen molar-refractivity contribution in [1.29, 1.82) is 0 Å². The quantitative estimate of drug-likeness (QED) is 0.825. The first-order chi connectivity index (χ1) is 10.9. The Kier molecular flexibility index (Phi) is 5.22. The topological polar surface area (TPSA) is 102 Å². The van der Waals surface area contributed by atoms with Crippen LogP contribution in [0.25, 0.3) is 0 Å². The number of carbonyl (C=O) groups excluding carboxylic acids is 2. The fourth-order valence-electron chi connectivity index (χ4n) is 2.48. The predicted octanol–water partition coefficient (Wildman–Crippen LogP) is 1.19. The number of rotatable bonds is 4. The SMILES string of the molecule is COC(=O)Nc1ccccc1S(=O)(=O)N1CCC[C@H]1C(=O)OC. The van der Waals surface area contributed by atoms with Gasteiger partial charge < -0.3 is 9.47 Å². The summed E-state index contributed by atoms with van der Waals surface area (Å²) in [5.74, 6) is -0.593. The maximum absolute atomic E-state index is 12.9. The van der Waals surface area contributed by atoms with Crippen LogP contribution in [0.5, 0.6) is 0 Å². The Labute approximate surface area is 134 Å². The van der Waals surface area contributed by atoms with E-state index in [0.29, 0.717) is 12.8 Å². The van der Waals surface area contributed by atoms with Gasteiger partial charge in [0.2, 0.25) is 10.0 Å². The van der Waals surface area contributed by atoms with Gasteiger partial charge in [0.25, 0.3) is 0 Å². The van der Waals surface area contributed by atoms with Crippen LogP contribution < -0.4 is 5.32 Å². The number of hydrogen-bond acceptors (Lipinski definition) is 6. The summed E-state index contributed by atoms with van der Waals surface area (Å²) in [5.41, 5.74) is 0.0925. The smallest absolute Gasteiger partial charge is 0.411 e. The molecule has 1 saturated heterocycles. The summed E-state index contributed by atoms with van der Waals surface area (Å²) in [6.07, 6.45) is 0.183. The first-order valence-corrected chi connectivity index (χ1v) is 8.39. The third-order valence-electron chi connectivity index (χ3n) is 3.57. The van der Waals surface area contributed by atoms with E-state index in [1.807, 2.05) is 0 Å². The zero-order chi connectivity index (χ0) is 17.0. The molecule has 23 heavy (non-hydrogen) atoms. The third kappa shape index (κ3) is 3.45. The minimum Gasteiger partial charge on any atom is -0.468 e. The number of hydrogen-bond donors (Lipinski definition) is 1. The second-order valence-corrected chi connectivity index (χ2v) is 6.77. The maximum atomic E-state index is 12.9. The van der Waals surface area contributed by atoms with E-state index in [1.165, 1.54) is 26.4 Å². The lowest BCUT2D eigenvalue weighted by Crippen LogP contribution is -2.41. The van der Waals surface area contributed by atoms with Gasteiger partial charge in [-0.3, -0.25) is 10.1 Å². The van der Waals surface area contributed by atoms with E-state index in [2.05, 4.69) is 14.8 Å². The zero-order valence-electron chi connectivity index (χ0n) is 12.8. The Balaban J connectivity index is 2.40. The molecule has 1 aromatic rings. The molecule has 0 radical (unpaired) electrons. The molecular weight excluding hydrogens is 324 g/mol. The normalized spacial score (nSPS) is 18.4. The summed E-state index contributed by atoms with van der Waals surface area (Å²) in [7, 11) is -1.56. The van der Waals surface area contributed by atoms with Crippen LogP contribution in [0.3, 0.4) is 0 Å². The van der Waals surface area contributed by atoms with Gasteiger partial charge in [-0.1, -0.05) is 12.1 Å². The molecule has 0 aromatic heterocycles. The number of nitrogens with one attached hydrogen (secondary N) is 1. The first kappa shape index (κ1) is 17.2. The molecule has 0 unspecified atom stereocenters. The molecule has 1 aromatic carbocycles. The molecule has 1 N–H and O–H groups in total. The molecule has 1 aliphatic rings. The number of benzene rings is 1. The van der Waals surface area contributed by atoms with Crippen molar-refractivity contribution in [3.63, 3.8) is 0 Å². The summed E-state index contributed by atoms with van der Waals surface area (Å²) in [5, 5.41) is 2.36. The predicted molar refractivity (Wildman–Crippen MR) is 81.4 cm³/mol. The van der Waals surface area contributed by atoms with Crippen LogP contribution in [0.15, 0.2) is 29.2 Å². The highest BCUT2D eigenvalue weighted by atomic mass is 32.2. The Hall–Kier alpha value is -2.13. The van der Waals surface area contributed by atoms with Crippen molar-refractivity contribution in [2.45, 2.75) is 23.8 Å². The van der Waals surface area contributed by atoms with Gasteiger partial charge in [-0.25, -0.2) is 13.2 Å². The van der Waals surface area contributed by atoms with Crippen molar-refractivity contribution in [2.75, 3.05) is 26.1 Å². The highest BCUT2D eigenvalue weighted by Gasteiger charge is 2.41. The molecule has 0 saturated carbocycles. The van der Waals surface area contributed by atoms with Crippen LogP contribution >= 0.6 is 0 Å². The molecule has 126 valence electrons. The van der Waals surface area contributed by atoms with Crippen molar-refractivity contribution in [2.24, 2.45) is 0 Å². The number of esters is 1. The summed E-state index contributed by atoms with van der Waals surface area (Å²) >= 11 is 0. The molecule has 1 fully saturated rings. The molecule has 0 bridgehead atoms. The molecular formula is C14H18N2O6S. The monoisotopic (exact) mass is 342 g/mol. The van der Waals surface area contributed by atoms with E-state index in [1.54, 1.807) is 12.1 Å². The lowest BCUT2D eigenvalue weighted by molar-refractivity contribution is -0.144. The van der Waals surface area contributed by atoms with Crippen molar-refractivity contribution in [3.05, 3.63) is 24.3 Å². The number of carbonyl (C=O) groups is 2. The van der Waals surface area contributed by atoms with Gasteiger partial charge in [-0.2, -0.15) is 4.31 Å². The summed E-state index contributed by atoms with van der Waals surface area (Å²) in [4.78, 5) is 23.1. The molecule has 1 aliphatic heterocycles.